The highest BCUT2D eigenvalue weighted by atomic mass is 16.5. The molecule has 0 fully saturated rings. The quantitative estimate of drug-likeness (QED) is 0.878. The highest BCUT2D eigenvalue weighted by molar-refractivity contribution is 5.34. The maximum absolute atomic E-state index is 11.5. The maximum Gasteiger partial charge on any atom is 0.252 e. The van der Waals surface area contributed by atoms with Crippen LogP contribution in [0.5, 0.6) is 5.75 Å². The molecular formula is C15H19N3O2. The lowest BCUT2D eigenvalue weighted by molar-refractivity contribution is 0.414. The molecule has 20 heavy (non-hydrogen) atoms. The fraction of sp³-hybridized carbons (Fsp3) is 0.333. The van der Waals surface area contributed by atoms with Gasteiger partial charge in [-0.15, -0.1) is 0 Å². The highest BCUT2D eigenvalue weighted by Gasteiger charge is 2.07. The van der Waals surface area contributed by atoms with Gasteiger partial charge in [0.25, 0.3) is 5.56 Å². The number of hydrogen-bond donors (Lipinski definition) is 2. The van der Waals surface area contributed by atoms with Crippen molar-refractivity contribution in [3.05, 3.63) is 51.9 Å². The highest BCUT2D eigenvalue weighted by Crippen LogP contribution is 2.19. The Morgan fingerprint density at radius 1 is 1.35 bits per heavy atom. The van der Waals surface area contributed by atoms with Gasteiger partial charge in [-0.2, -0.15) is 0 Å². The fourth-order valence-electron chi connectivity index (χ4n) is 1.94. The van der Waals surface area contributed by atoms with Crippen molar-refractivity contribution >= 4 is 5.95 Å². The van der Waals surface area contributed by atoms with Gasteiger partial charge in [-0.3, -0.25) is 9.78 Å². The van der Waals surface area contributed by atoms with Gasteiger partial charge in [0.15, 0.2) is 0 Å². The Balaban J connectivity index is 2.15. The van der Waals surface area contributed by atoms with Gasteiger partial charge in [-0.25, -0.2) is 4.98 Å². The van der Waals surface area contributed by atoms with Gasteiger partial charge >= 0.3 is 0 Å². The number of H-pyrrole nitrogens is 1. The van der Waals surface area contributed by atoms with Crippen molar-refractivity contribution in [2.45, 2.75) is 26.3 Å². The van der Waals surface area contributed by atoms with E-state index in [0.717, 1.165) is 23.4 Å². The van der Waals surface area contributed by atoms with Gasteiger partial charge in [-0.05, 0) is 31.0 Å². The van der Waals surface area contributed by atoms with Crippen LogP contribution < -0.4 is 15.6 Å². The van der Waals surface area contributed by atoms with E-state index >= 15 is 0 Å². The molecule has 0 bridgehead atoms. The van der Waals surface area contributed by atoms with Gasteiger partial charge in [0.1, 0.15) is 5.75 Å². The topological polar surface area (TPSA) is 67.0 Å². The predicted octanol–water partition coefficient (Wildman–Crippen LogP) is 2.51. The first-order valence-electron chi connectivity index (χ1n) is 6.63. The first-order chi connectivity index (χ1) is 9.62. The van der Waals surface area contributed by atoms with Crippen LogP contribution in [0.15, 0.2) is 35.1 Å². The molecule has 106 valence electrons. The minimum Gasteiger partial charge on any atom is -0.497 e. The van der Waals surface area contributed by atoms with Crippen molar-refractivity contribution in [1.82, 2.24) is 9.97 Å². The maximum atomic E-state index is 11.5. The molecule has 2 aromatic rings. The zero-order chi connectivity index (χ0) is 14.5. The normalized spacial score (nSPS) is 11.9. The Morgan fingerprint density at radius 3 is 2.65 bits per heavy atom. The second-order valence-electron chi connectivity index (χ2n) is 4.58. The summed E-state index contributed by atoms with van der Waals surface area (Å²) in [7, 11) is 1.64. The summed E-state index contributed by atoms with van der Waals surface area (Å²) in [4.78, 5) is 18.6. The van der Waals surface area contributed by atoms with Crippen molar-refractivity contribution in [1.29, 1.82) is 0 Å². The van der Waals surface area contributed by atoms with E-state index in [-0.39, 0.29) is 11.6 Å². The molecule has 0 aliphatic rings. The van der Waals surface area contributed by atoms with Crippen molar-refractivity contribution in [3.63, 3.8) is 0 Å². The van der Waals surface area contributed by atoms with Crippen LogP contribution in [-0.2, 0) is 6.42 Å². The van der Waals surface area contributed by atoms with E-state index < -0.39 is 0 Å². The Labute approximate surface area is 118 Å². The molecule has 1 atom stereocenters. The summed E-state index contributed by atoms with van der Waals surface area (Å²) in [6.45, 7) is 3.98. The summed E-state index contributed by atoms with van der Waals surface area (Å²) in [5.74, 6) is 1.32. The molecule has 0 saturated carbocycles. The molecule has 0 radical (unpaired) electrons. The molecule has 2 rings (SSSR count). The Kier molecular flexibility index (Phi) is 4.40. The molecule has 2 N–H and O–H groups in total. The lowest BCUT2D eigenvalue weighted by Crippen LogP contribution is -2.16. The Morgan fingerprint density at radius 2 is 2.05 bits per heavy atom. The first kappa shape index (κ1) is 14.1. The number of ether oxygens (including phenoxy) is 1. The SMILES string of the molecule is CCc1cc(=O)[nH]c(NC(C)c2ccc(OC)cc2)n1. The van der Waals surface area contributed by atoms with Gasteiger partial charge < -0.3 is 10.1 Å². The van der Waals surface area contributed by atoms with E-state index in [4.69, 9.17) is 4.74 Å². The molecule has 5 nitrogen and oxygen atoms in total. The number of aromatic nitrogens is 2. The van der Waals surface area contributed by atoms with Crippen LogP contribution in [0.1, 0.15) is 31.1 Å². The summed E-state index contributed by atoms with van der Waals surface area (Å²) in [6.07, 6.45) is 0.732. The zero-order valence-corrected chi connectivity index (χ0v) is 11.9. The lowest BCUT2D eigenvalue weighted by Gasteiger charge is -2.15. The Hall–Kier alpha value is -2.30. The van der Waals surface area contributed by atoms with Crippen molar-refractivity contribution < 1.29 is 4.74 Å². The summed E-state index contributed by atoms with van der Waals surface area (Å²) in [6, 6.07) is 9.34. The second kappa shape index (κ2) is 6.23. The first-order valence-corrected chi connectivity index (χ1v) is 6.63. The summed E-state index contributed by atoms with van der Waals surface area (Å²) >= 11 is 0. The van der Waals surface area contributed by atoms with Crippen LogP contribution in [0.4, 0.5) is 5.95 Å². The number of benzene rings is 1. The van der Waals surface area contributed by atoms with Gasteiger partial charge in [-0.1, -0.05) is 19.1 Å². The number of aryl methyl sites for hydroxylation is 1. The van der Waals surface area contributed by atoms with Gasteiger partial charge in [0.05, 0.1) is 13.2 Å². The van der Waals surface area contributed by atoms with Crippen LogP contribution in [0, 0.1) is 0 Å². The third kappa shape index (κ3) is 3.38. The standard InChI is InChI=1S/C15H19N3O2/c1-4-12-9-14(19)18-15(17-12)16-10(2)11-5-7-13(20-3)8-6-11/h5-10H,4H2,1-3H3,(H2,16,17,18,19). The van der Waals surface area contributed by atoms with Crippen LogP contribution >= 0.6 is 0 Å². The molecule has 0 amide bonds. The summed E-state index contributed by atoms with van der Waals surface area (Å²) in [5.41, 5.74) is 1.73. The largest absolute Gasteiger partial charge is 0.497 e. The van der Waals surface area contributed by atoms with E-state index in [1.807, 2.05) is 38.1 Å². The molecule has 5 heteroatoms. The van der Waals surface area contributed by atoms with Crippen LogP contribution in [-0.4, -0.2) is 17.1 Å². The number of aromatic amines is 1. The molecule has 0 saturated heterocycles. The number of anilines is 1. The van der Waals surface area contributed by atoms with Crippen LogP contribution in [0.2, 0.25) is 0 Å². The number of rotatable bonds is 5. The van der Waals surface area contributed by atoms with E-state index in [9.17, 15) is 4.79 Å². The average Bonchev–Trinajstić information content (AvgIpc) is 2.46. The van der Waals surface area contributed by atoms with E-state index in [1.165, 1.54) is 6.07 Å². The van der Waals surface area contributed by atoms with Crippen molar-refractivity contribution in [3.8, 4) is 5.75 Å². The number of nitrogens with zero attached hydrogens (tertiary/aromatic N) is 1. The van der Waals surface area contributed by atoms with Crippen LogP contribution in [0.25, 0.3) is 0 Å². The molecule has 0 aliphatic carbocycles. The third-order valence-electron chi connectivity index (χ3n) is 3.13. The molecule has 1 aromatic carbocycles. The molecule has 0 aliphatic heterocycles. The van der Waals surface area contributed by atoms with Gasteiger partial charge in [0, 0.05) is 11.8 Å². The second-order valence-corrected chi connectivity index (χ2v) is 4.58. The number of nitrogens with one attached hydrogen (secondary N) is 2. The van der Waals surface area contributed by atoms with Crippen LogP contribution in [0.3, 0.4) is 0 Å². The molecular weight excluding hydrogens is 254 g/mol. The Bertz CT molecular complexity index is 620. The predicted molar refractivity (Wildman–Crippen MR) is 79.3 cm³/mol. The van der Waals surface area contributed by atoms with E-state index in [1.54, 1.807) is 7.11 Å². The number of methoxy groups -OCH3 is 1. The average molecular weight is 273 g/mol. The summed E-state index contributed by atoms with van der Waals surface area (Å²) < 4.78 is 5.13. The smallest absolute Gasteiger partial charge is 0.252 e. The molecule has 0 spiro atoms. The van der Waals surface area contributed by atoms with E-state index in [2.05, 4.69) is 15.3 Å². The minimum absolute atomic E-state index is 0.0381. The van der Waals surface area contributed by atoms with Gasteiger partial charge in [0.2, 0.25) is 5.95 Å². The monoisotopic (exact) mass is 273 g/mol. The van der Waals surface area contributed by atoms with Crippen molar-refractivity contribution in [2.24, 2.45) is 0 Å². The molecule has 1 aromatic heterocycles. The number of hydrogen-bond acceptors (Lipinski definition) is 4. The van der Waals surface area contributed by atoms with E-state index in [0.29, 0.717) is 5.95 Å². The molecule has 1 heterocycles. The van der Waals surface area contributed by atoms with Crippen molar-refractivity contribution in [2.75, 3.05) is 12.4 Å². The summed E-state index contributed by atoms with van der Waals surface area (Å²) in [5, 5.41) is 3.20. The third-order valence-corrected chi connectivity index (χ3v) is 3.13. The molecule has 1 unspecified atom stereocenters. The zero-order valence-electron chi connectivity index (χ0n) is 11.9. The minimum atomic E-state index is -0.138. The lowest BCUT2D eigenvalue weighted by atomic mass is 10.1. The fourth-order valence-corrected chi connectivity index (χ4v) is 1.94.